The quantitative estimate of drug-likeness (QED) is 0.0405. The lowest BCUT2D eigenvalue weighted by atomic mass is 9.79. The van der Waals surface area contributed by atoms with E-state index in [4.69, 9.17) is 47.4 Å². The molecule has 0 bridgehead atoms. The van der Waals surface area contributed by atoms with Crippen LogP contribution < -0.4 is 21.3 Å². The first-order valence-corrected chi connectivity index (χ1v) is 31.5. The Hall–Kier alpha value is -3.91. The van der Waals surface area contributed by atoms with Gasteiger partial charge in [-0.15, -0.1) is 0 Å². The Kier molecular flexibility index (Phi) is 40.0. The zero-order chi connectivity index (χ0) is 64.7. The van der Waals surface area contributed by atoms with Crippen LogP contribution in [0, 0.1) is 16.7 Å². The predicted octanol–water partition coefficient (Wildman–Crippen LogP) is 5.95. The van der Waals surface area contributed by atoms with Crippen LogP contribution in [0.15, 0.2) is 0 Å². The molecule has 0 saturated carbocycles. The number of likely N-dealkylation sites (tertiary alicyclic amines) is 1. The van der Waals surface area contributed by atoms with E-state index in [1.165, 1.54) is 4.90 Å². The van der Waals surface area contributed by atoms with Crippen molar-refractivity contribution in [3.63, 3.8) is 0 Å². The number of rotatable bonds is 53. The maximum atomic E-state index is 13.3. The lowest BCUT2D eigenvalue weighted by molar-refractivity contribution is -0.141. The molecule has 1 fully saturated rings. The number of carbonyl (C=O) groups excluding carboxylic acids is 7. The zero-order valence-corrected chi connectivity index (χ0v) is 56.0. The molecule has 502 valence electrons. The minimum atomic E-state index is -0.560. The first kappa shape index (κ1) is 80.1. The van der Waals surface area contributed by atoms with Gasteiger partial charge in [0.15, 0.2) is 0 Å². The van der Waals surface area contributed by atoms with Crippen LogP contribution in [0.1, 0.15) is 174 Å². The van der Waals surface area contributed by atoms with E-state index < -0.39 is 27.7 Å². The molecule has 1 atom stereocenters. The monoisotopic (exact) mass is 1230 g/mol. The Balaban J connectivity index is 2.24. The highest BCUT2D eigenvalue weighted by Gasteiger charge is 2.38. The van der Waals surface area contributed by atoms with E-state index in [1.807, 2.05) is 83.1 Å². The lowest BCUT2D eigenvalue weighted by Gasteiger charge is -2.36. The maximum Gasteiger partial charge on any atom is 0.232 e. The molecule has 7 amide bonds. The van der Waals surface area contributed by atoms with Crippen LogP contribution in [0.25, 0.3) is 0 Å². The van der Waals surface area contributed by atoms with E-state index in [0.29, 0.717) is 151 Å². The number of amides is 7. The highest BCUT2D eigenvalue weighted by molar-refractivity contribution is 6.03. The number of hydrogen-bond acceptors (Lipinski definition) is 17. The average Bonchev–Trinajstić information content (AvgIpc) is 3.96. The fourth-order valence-electron chi connectivity index (χ4n) is 8.45. The summed E-state index contributed by atoms with van der Waals surface area (Å²) in [6.07, 6.45) is 5.02. The summed E-state index contributed by atoms with van der Waals surface area (Å²) >= 11 is 0. The summed E-state index contributed by atoms with van der Waals surface area (Å²) in [4.78, 5) is 91.4. The fourth-order valence-corrected chi connectivity index (χ4v) is 8.45. The van der Waals surface area contributed by atoms with Gasteiger partial charge in [0.1, 0.15) is 0 Å². The molecule has 1 heterocycles. The molecule has 0 radical (unpaired) electrons. The summed E-state index contributed by atoms with van der Waals surface area (Å²) in [6.45, 7) is 37.6. The lowest BCUT2D eigenvalue weighted by Crippen LogP contribution is -2.52. The molecule has 0 spiro atoms. The molecule has 1 aliphatic heterocycles. The Morgan fingerprint density at radius 2 is 0.953 bits per heavy atom. The average molecular weight is 1230 g/mol. The highest BCUT2D eigenvalue weighted by Crippen LogP contribution is 2.31. The van der Waals surface area contributed by atoms with Crippen molar-refractivity contribution < 1.29 is 80.9 Å². The van der Waals surface area contributed by atoms with E-state index in [2.05, 4.69) is 42.0 Å². The third-order valence-corrected chi connectivity index (χ3v) is 14.4. The molecule has 1 saturated heterocycles. The summed E-state index contributed by atoms with van der Waals surface area (Å²) in [5.74, 6) is -1.24. The third-order valence-electron chi connectivity index (χ3n) is 14.4. The van der Waals surface area contributed by atoms with Gasteiger partial charge in [-0.1, -0.05) is 41.5 Å². The topological polar surface area (TPSA) is 266 Å². The number of carbonyl (C=O) groups is 7. The number of ether oxygens (including phenoxy) is 10. The van der Waals surface area contributed by atoms with E-state index in [0.717, 1.165) is 12.8 Å². The van der Waals surface area contributed by atoms with Crippen LogP contribution in [0.2, 0.25) is 0 Å². The largest absolute Gasteiger partial charge is 0.379 e. The maximum absolute atomic E-state index is 13.3. The van der Waals surface area contributed by atoms with Crippen LogP contribution in [0.4, 0.5) is 0 Å². The van der Waals surface area contributed by atoms with Gasteiger partial charge in [-0.25, -0.2) is 0 Å². The molecule has 0 aromatic heterocycles. The summed E-state index contributed by atoms with van der Waals surface area (Å²) in [5, 5.41) is 12.0. The van der Waals surface area contributed by atoms with Crippen molar-refractivity contribution in [2.24, 2.45) is 16.7 Å². The van der Waals surface area contributed by atoms with Crippen molar-refractivity contribution in [3.05, 3.63) is 0 Å². The molecule has 1 rings (SSSR count). The van der Waals surface area contributed by atoms with E-state index in [9.17, 15) is 33.6 Å². The Morgan fingerprint density at radius 1 is 0.488 bits per heavy atom. The molecule has 23 heteroatoms. The van der Waals surface area contributed by atoms with Crippen molar-refractivity contribution in [1.29, 1.82) is 0 Å². The molecule has 0 aliphatic carbocycles. The van der Waals surface area contributed by atoms with Crippen molar-refractivity contribution in [1.82, 2.24) is 31.1 Å². The number of nitrogens with zero attached hydrogens (tertiary/aromatic N) is 2. The Bertz CT molecular complexity index is 1940. The van der Waals surface area contributed by atoms with Gasteiger partial charge in [0.2, 0.25) is 41.4 Å². The second-order valence-corrected chi connectivity index (χ2v) is 26.4. The molecule has 23 nitrogen and oxygen atoms in total. The Morgan fingerprint density at radius 3 is 1.43 bits per heavy atom. The van der Waals surface area contributed by atoms with Crippen LogP contribution in [-0.2, 0) is 80.9 Å². The van der Waals surface area contributed by atoms with Crippen molar-refractivity contribution in [3.8, 4) is 0 Å². The minimum absolute atomic E-state index is 0.00293. The number of nitrogens with one attached hydrogen (secondary N) is 4. The van der Waals surface area contributed by atoms with Gasteiger partial charge in [0.05, 0.1) is 129 Å². The molecule has 0 aromatic rings. The van der Waals surface area contributed by atoms with Crippen molar-refractivity contribution in [2.75, 3.05) is 152 Å². The van der Waals surface area contributed by atoms with E-state index in [-0.39, 0.29) is 111 Å². The molecule has 86 heavy (non-hydrogen) atoms. The Labute approximate surface area is 516 Å². The van der Waals surface area contributed by atoms with Crippen LogP contribution in [-0.4, -0.2) is 225 Å². The highest BCUT2D eigenvalue weighted by atomic mass is 16.6. The molecule has 0 aromatic carbocycles. The van der Waals surface area contributed by atoms with Gasteiger partial charge in [0.25, 0.3) is 0 Å². The normalized spacial score (nSPS) is 14.5. The first-order valence-electron chi connectivity index (χ1n) is 31.5. The minimum Gasteiger partial charge on any atom is -0.379 e. The summed E-state index contributed by atoms with van der Waals surface area (Å²) in [7, 11) is 0. The van der Waals surface area contributed by atoms with Gasteiger partial charge < -0.3 is 73.5 Å². The number of imide groups is 1. The smallest absolute Gasteiger partial charge is 0.232 e. The van der Waals surface area contributed by atoms with Gasteiger partial charge in [0, 0.05) is 88.3 Å². The van der Waals surface area contributed by atoms with E-state index in [1.54, 1.807) is 4.90 Å². The first-order chi connectivity index (χ1) is 40.3. The molecule has 1 unspecified atom stereocenters. The second kappa shape index (κ2) is 42.9. The van der Waals surface area contributed by atoms with Crippen LogP contribution in [0.5, 0.6) is 0 Å². The summed E-state index contributed by atoms with van der Waals surface area (Å²) in [6, 6.07) is 0. The number of hydrogen-bond donors (Lipinski definition) is 4. The summed E-state index contributed by atoms with van der Waals surface area (Å²) in [5.41, 5.74) is -2.48. The van der Waals surface area contributed by atoms with Gasteiger partial charge in [-0.05, 0) is 106 Å². The van der Waals surface area contributed by atoms with Crippen LogP contribution in [0.3, 0.4) is 0 Å². The van der Waals surface area contributed by atoms with Crippen molar-refractivity contribution >= 4 is 41.4 Å². The van der Waals surface area contributed by atoms with Crippen LogP contribution >= 0.6 is 0 Å². The van der Waals surface area contributed by atoms with Gasteiger partial charge >= 0.3 is 0 Å². The molecule has 4 N–H and O–H groups in total. The molecular formula is C63H118N6O17. The molecule has 1 aliphatic rings. The molecular weight excluding hydrogens is 1110 g/mol. The third kappa shape index (κ3) is 40.6. The van der Waals surface area contributed by atoms with Gasteiger partial charge in [-0.3, -0.25) is 38.5 Å². The predicted molar refractivity (Wildman–Crippen MR) is 329 cm³/mol. The zero-order valence-electron chi connectivity index (χ0n) is 56.0. The summed E-state index contributed by atoms with van der Waals surface area (Å²) < 4.78 is 57.2. The van der Waals surface area contributed by atoms with Gasteiger partial charge in [-0.2, -0.15) is 0 Å². The SMILES string of the molecule is CCNC(=O)CCOCCOCCOCCOCCN(CCOCCOCCOCCOCCC(=O)NC(C)(C)CCOC(C)(C)CCC(=O)NCCC(C)(C)OCC(C)(C)NC(=O)C(C)(C)CCC(C)(C)C)C(=O)CCN1C(=O)CC(CC)C1=O. The fraction of sp³-hybridized carbons (Fsp3) is 0.889. The van der Waals surface area contributed by atoms with Crippen molar-refractivity contribution in [2.45, 2.75) is 197 Å². The standard InChI is InChI=1S/C63H118N6O17/c1-16-50-48-55(74)69(56(50)75)28-19-54(73)68(29-34-79-38-42-83-46-44-81-40-36-77-31-20-52(71)64-17-2)30-35-80-39-43-84-47-45-82-41-37-78-32-21-53(72)66-60(8,9)26-33-85-62(12,13)22-18-51(70)65-27-25-63(14,15)86-49-61(10,11)67-57(76)59(6,7)24-23-58(3,4)5/h50H,16-49H2,1-15H3,(H,64,71)(H,65,70)(H,66,72)(H,67,76). The second-order valence-electron chi connectivity index (χ2n) is 26.4. The van der Waals surface area contributed by atoms with E-state index >= 15 is 0 Å².